The lowest BCUT2D eigenvalue weighted by molar-refractivity contribution is 0.475. The Bertz CT molecular complexity index is 615. The molecule has 1 aliphatic heterocycles. The molecule has 5 nitrogen and oxygen atoms in total. The fourth-order valence-electron chi connectivity index (χ4n) is 2.30. The number of benzene rings is 1. The number of fused-ring (bicyclic) bond motifs is 1. The summed E-state index contributed by atoms with van der Waals surface area (Å²) in [5.41, 5.74) is 2.96. The number of aromatic hydroxyl groups is 1. The molecule has 0 bridgehead atoms. The lowest BCUT2D eigenvalue weighted by Crippen LogP contribution is -2.16. The standard InChI is InChI=1S/C14H15ClN4O/c15-14-18-12-6-8-16-7-5-11(12)13(19-14)17-9-1-3-10(20)4-2-9/h1-4,16,20H,5-8H2,(H,17,18,19). The lowest BCUT2D eigenvalue weighted by atomic mass is 10.1. The fraction of sp³-hybridized carbons (Fsp3) is 0.286. The Balaban J connectivity index is 1.96. The van der Waals surface area contributed by atoms with Crippen LogP contribution in [0.25, 0.3) is 0 Å². The molecule has 0 saturated carbocycles. The second-order valence-corrected chi connectivity index (χ2v) is 5.03. The summed E-state index contributed by atoms with van der Waals surface area (Å²) in [7, 11) is 0. The molecule has 0 atom stereocenters. The predicted molar refractivity (Wildman–Crippen MR) is 78.7 cm³/mol. The Kier molecular flexibility index (Phi) is 3.71. The normalized spacial score (nSPS) is 14.4. The molecule has 1 aromatic carbocycles. The SMILES string of the molecule is Oc1ccc(Nc2nc(Cl)nc3c2CCNCC3)cc1. The van der Waals surface area contributed by atoms with Crippen molar-refractivity contribution in [3.63, 3.8) is 0 Å². The molecule has 3 rings (SSSR count). The van der Waals surface area contributed by atoms with E-state index >= 15 is 0 Å². The number of anilines is 2. The van der Waals surface area contributed by atoms with Gasteiger partial charge in [-0.15, -0.1) is 0 Å². The van der Waals surface area contributed by atoms with Gasteiger partial charge in [0.15, 0.2) is 0 Å². The Hall–Kier alpha value is -1.85. The maximum Gasteiger partial charge on any atom is 0.224 e. The van der Waals surface area contributed by atoms with Gasteiger partial charge in [-0.05, 0) is 48.8 Å². The third kappa shape index (κ3) is 2.84. The van der Waals surface area contributed by atoms with E-state index in [1.807, 2.05) is 0 Å². The van der Waals surface area contributed by atoms with Crippen LogP contribution in [0.15, 0.2) is 24.3 Å². The second-order valence-electron chi connectivity index (χ2n) is 4.69. The number of halogens is 1. The highest BCUT2D eigenvalue weighted by Crippen LogP contribution is 2.25. The maximum absolute atomic E-state index is 9.31. The van der Waals surface area contributed by atoms with Crippen molar-refractivity contribution in [2.24, 2.45) is 0 Å². The summed E-state index contributed by atoms with van der Waals surface area (Å²) in [4.78, 5) is 8.62. The van der Waals surface area contributed by atoms with E-state index in [0.717, 1.165) is 48.7 Å². The van der Waals surface area contributed by atoms with Crippen LogP contribution in [0.1, 0.15) is 11.3 Å². The molecule has 0 aliphatic carbocycles. The summed E-state index contributed by atoms with van der Waals surface area (Å²) in [6, 6.07) is 6.86. The van der Waals surface area contributed by atoms with Gasteiger partial charge in [-0.3, -0.25) is 0 Å². The molecule has 0 saturated heterocycles. The summed E-state index contributed by atoms with van der Waals surface area (Å²) in [6.07, 6.45) is 1.72. The van der Waals surface area contributed by atoms with E-state index in [0.29, 0.717) is 0 Å². The molecule has 104 valence electrons. The van der Waals surface area contributed by atoms with Crippen molar-refractivity contribution in [3.8, 4) is 5.75 Å². The van der Waals surface area contributed by atoms with E-state index in [1.54, 1.807) is 24.3 Å². The molecule has 2 aromatic rings. The highest BCUT2D eigenvalue weighted by Gasteiger charge is 2.16. The molecule has 0 unspecified atom stereocenters. The number of phenolic OH excluding ortho intramolecular Hbond substituents is 1. The average molecular weight is 291 g/mol. The molecule has 0 amide bonds. The van der Waals surface area contributed by atoms with E-state index in [1.165, 1.54) is 0 Å². The van der Waals surface area contributed by atoms with Crippen molar-refractivity contribution >= 4 is 23.1 Å². The van der Waals surface area contributed by atoms with Gasteiger partial charge in [0.05, 0.1) is 5.69 Å². The summed E-state index contributed by atoms with van der Waals surface area (Å²) >= 11 is 6.00. The minimum Gasteiger partial charge on any atom is -0.508 e. The third-order valence-corrected chi connectivity index (χ3v) is 3.45. The van der Waals surface area contributed by atoms with Crippen LogP contribution >= 0.6 is 11.6 Å². The molecule has 3 N–H and O–H groups in total. The van der Waals surface area contributed by atoms with Gasteiger partial charge in [0, 0.05) is 24.2 Å². The molecule has 20 heavy (non-hydrogen) atoms. The van der Waals surface area contributed by atoms with Crippen molar-refractivity contribution in [1.82, 2.24) is 15.3 Å². The van der Waals surface area contributed by atoms with E-state index in [-0.39, 0.29) is 11.0 Å². The Morgan fingerprint density at radius 3 is 2.65 bits per heavy atom. The van der Waals surface area contributed by atoms with Crippen LogP contribution in [0.4, 0.5) is 11.5 Å². The first-order valence-electron chi connectivity index (χ1n) is 6.54. The number of rotatable bonds is 2. The van der Waals surface area contributed by atoms with Crippen LogP contribution in [0, 0.1) is 0 Å². The minimum atomic E-state index is 0.235. The lowest BCUT2D eigenvalue weighted by Gasteiger charge is -2.13. The Morgan fingerprint density at radius 1 is 1.10 bits per heavy atom. The zero-order chi connectivity index (χ0) is 13.9. The highest BCUT2D eigenvalue weighted by atomic mass is 35.5. The maximum atomic E-state index is 9.31. The number of aromatic nitrogens is 2. The quantitative estimate of drug-likeness (QED) is 0.585. The van der Waals surface area contributed by atoms with Gasteiger partial charge in [-0.2, -0.15) is 0 Å². The van der Waals surface area contributed by atoms with Crippen LogP contribution in [-0.4, -0.2) is 28.2 Å². The molecular formula is C14H15ClN4O. The summed E-state index contributed by atoms with van der Waals surface area (Å²) in [6.45, 7) is 1.81. The summed E-state index contributed by atoms with van der Waals surface area (Å²) in [5, 5.41) is 16.2. The minimum absolute atomic E-state index is 0.235. The molecule has 0 radical (unpaired) electrons. The first-order chi connectivity index (χ1) is 9.72. The van der Waals surface area contributed by atoms with Crippen molar-refractivity contribution in [2.75, 3.05) is 18.4 Å². The van der Waals surface area contributed by atoms with E-state index < -0.39 is 0 Å². The van der Waals surface area contributed by atoms with Crippen molar-refractivity contribution in [1.29, 1.82) is 0 Å². The molecule has 1 aliphatic rings. The van der Waals surface area contributed by atoms with Crippen LogP contribution < -0.4 is 10.6 Å². The predicted octanol–water partition coefficient (Wildman–Crippen LogP) is 2.27. The third-order valence-electron chi connectivity index (χ3n) is 3.29. The molecule has 6 heteroatoms. The zero-order valence-electron chi connectivity index (χ0n) is 10.9. The number of hydrogen-bond donors (Lipinski definition) is 3. The largest absolute Gasteiger partial charge is 0.508 e. The number of phenols is 1. The van der Waals surface area contributed by atoms with E-state index in [2.05, 4.69) is 20.6 Å². The molecule has 0 fully saturated rings. The smallest absolute Gasteiger partial charge is 0.224 e. The van der Waals surface area contributed by atoms with Gasteiger partial charge in [-0.25, -0.2) is 9.97 Å². The van der Waals surface area contributed by atoms with Crippen molar-refractivity contribution in [3.05, 3.63) is 40.8 Å². The van der Waals surface area contributed by atoms with Crippen LogP contribution in [0.2, 0.25) is 5.28 Å². The Morgan fingerprint density at radius 2 is 1.85 bits per heavy atom. The first-order valence-corrected chi connectivity index (χ1v) is 6.92. The average Bonchev–Trinajstić information content (AvgIpc) is 2.66. The topological polar surface area (TPSA) is 70.1 Å². The van der Waals surface area contributed by atoms with Crippen LogP contribution in [-0.2, 0) is 12.8 Å². The van der Waals surface area contributed by atoms with Crippen LogP contribution in [0.3, 0.4) is 0 Å². The van der Waals surface area contributed by atoms with Gasteiger partial charge in [0.2, 0.25) is 5.28 Å². The first kappa shape index (κ1) is 13.1. The molecule has 1 aromatic heterocycles. The van der Waals surface area contributed by atoms with E-state index in [4.69, 9.17) is 11.6 Å². The molecular weight excluding hydrogens is 276 g/mol. The summed E-state index contributed by atoms with van der Waals surface area (Å²) < 4.78 is 0. The fourth-order valence-corrected chi connectivity index (χ4v) is 2.49. The number of nitrogens with one attached hydrogen (secondary N) is 2. The molecule has 2 heterocycles. The highest BCUT2D eigenvalue weighted by molar-refractivity contribution is 6.28. The van der Waals surface area contributed by atoms with Crippen molar-refractivity contribution < 1.29 is 5.11 Å². The Labute approximate surface area is 122 Å². The van der Waals surface area contributed by atoms with E-state index in [9.17, 15) is 5.11 Å². The second kappa shape index (κ2) is 5.64. The van der Waals surface area contributed by atoms with Gasteiger partial charge >= 0.3 is 0 Å². The van der Waals surface area contributed by atoms with Crippen LogP contribution in [0.5, 0.6) is 5.75 Å². The van der Waals surface area contributed by atoms with Gasteiger partial charge in [0.1, 0.15) is 11.6 Å². The zero-order valence-corrected chi connectivity index (χ0v) is 11.6. The summed E-state index contributed by atoms with van der Waals surface area (Å²) in [5.74, 6) is 0.980. The van der Waals surface area contributed by atoms with Gasteiger partial charge < -0.3 is 15.7 Å². The number of hydrogen-bond acceptors (Lipinski definition) is 5. The monoisotopic (exact) mass is 290 g/mol. The molecule has 0 spiro atoms. The number of nitrogens with zero attached hydrogens (tertiary/aromatic N) is 2. The van der Waals surface area contributed by atoms with Gasteiger partial charge in [0.25, 0.3) is 0 Å². The van der Waals surface area contributed by atoms with Gasteiger partial charge in [-0.1, -0.05) is 0 Å². The van der Waals surface area contributed by atoms with Crippen molar-refractivity contribution in [2.45, 2.75) is 12.8 Å².